The van der Waals surface area contributed by atoms with Crippen LogP contribution in [0.2, 0.25) is 0 Å². The first-order valence-corrected chi connectivity index (χ1v) is 6.89. The van der Waals surface area contributed by atoms with Crippen LogP contribution in [0.25, 0.3) is 10.8 Å². The van der Waals surface area contributed by atoms with Crippen molar-refractivity contribution < 1.29 is 4.74 Å². The van der Waals surface area contributed by atoms with Crippen molar-refractivity contribution in [3.8, 4) is 11.8 Å². The van der Waals surface area contributed by atoms with Gasteiger partial charge in [0.25, 0.3) is 0 Å². The van der Waals surface area contributed by atoms with Gasteiger partial charge in [0.2, 0.25) is 0 Å². The lowest BCUT2D eigenvalue weighted by Crippen LogP contribution is -2.00. The molecule has 21 heavy (non-hydrogen) atoms. The summed E-state index contributed by atoms with van der Waals surface area (Å²) in [5.74, 6) is 0.856. The SMILES string of the molecule is Cc1ccccc1OCc1ccc2ccccc2c1C#N. The third-order valence-corrected chi connectivity index (χ3v) is 3.60. The number of nitrogens with zero attached hydrogens (tertiary/aromatic N) is 1. The Morgan fingerprint density at radius 2 is 1.71 bits per heavy atom. The molecule has 102 valence electrons. The topological polar surface area (TPSA) is 33.0 Å². The molecular weight excluding hydrogens is 258 g/mol. The molecule has 0 saturated carbocycles. The fourth-order valence-electron chi connectivity index (χ4n) is 2.44. The second kappa shape index (κ2) is 5.68. The molecule has 0 saturated heterocycles. The van der Waals surface area contributed by atoms with E-state index in [-0.39, 0.29) is 0 Å². The zero-order chi connectivity index (χ0) is 14.7. The lowest BCUT2D eigenvalue weighted by molar-refractivity contribution is 0.304. The van der Waals surface area contributed by atoms with Crippen LogP contribution in [0.1, 0.15) is 16.7 Å². The number of ether oxygens (including phenoxy) is 1. The molecule has 3 aromatic carbocycles. The summed E-state index contributed by atoms with van der Waals surface area (Å²) in [6.07, 6.45) is 0. The first kappa shape index (κ1) is 13.2. The van der Waals surface area contributed by atoms with Crippen molar-refractivity contribution in [1.29, 1.82) is 5.26 Å². The Labute approximate surface area is 124 Å². The smallest absolute Gasteiger partial charge is 0.122 e. The maximum atomic E-state index is 9.46. The zero-order valence-electron chi connectivity index (χ0n) is 11.8. The number of para-hydroxylation sites is 1. The van der Waals surface area contributed by atoms with Gasteiger partial charge < -0.3 is 4.74 Å². The first-order valence-electron chi connectivity index (χ1n) is 6.89. The lowest BCUT2D eigenvalue weighted by Gasteiger charge is -2.11. The van der Waals surface area contributed by atoms with Crippen LogP contribution in [-0.2, 0) is 6.61 Å². The molecule has 0 amide bonds. The van der Waals surface area contributed by atoms with E-state index in [2.05, 4.69) is 6.07 Å². The summed E-state index contributed by atoms with van der Waals surface area (Å²) in [6, 6.07) is 22.1. The molecule has 0 aliphatic carbocycles. The van der Waals surface area contributed by atoms with Gasteiger partial charge >= 0.3 is 0 Å². The predicted molar refractivity (Wildman–Crippen MR) is 84.2 cm³/mol. The van der Waals surface area contributed by atoms with Gasteiger partial charge in [0.15, 0.2) is 0 Å². The van der Waals surface area contributed by atoms with Crippen molar-refractivity contribution in [3.63, 3.8) is 0 Å². The minimum Gasteiger partial charge on any atom is -0.489 e. The molecule has 0 spiro atoms. The van der Waals surface area contributed by atoms with Crippen LogP contribution in [0.4, 0.5) is 0 Å². The van der Waals surface area contributed by atoms with Crippen LogP contribution in [0, 0.1) is 18.3 Å². The Morgan fingerprint density at radius 1 is 0.952 bits per heavy atom. The number of hydrogen-bond donors (Lipinski definition) is 0. The first-order chi connectivity index (χ1) is 10.3. The largest absolute Gasteiger partial charge is 0.489 e. The highest BCUT2D eigenvalue weighted by Gasteiger charge is 2.08. The van der Waals surface area contributed by atoms with E-state index in [1.54, 1.807) is 0 Å². The molecule has 2 heteroatoms. The Kier molecular flexibility index (Phi) is 3.57. The maximum absolute atomic E-state index is 9.46. The van der Waals surface area contributed by atoms with Gasteiger partial charge in [-0.25, -0.2) is 0 Å². The van der Waals surface area contributed by atoms with E-state index in [4.69, 9.17) is 4.74 Å². The molecule has 0 heterocycles. The van der Waals surface area contributed by atoms with E-state index < -0.39 is 0 Å². The highest BCUT2D eigenvalue weighted by Crippen LogP contribution is 2.24. The molecule has 0 aliphatic heterocycles. The standard InChI is InChI=1S/C19H15NO/c1-14-6-2-5-9-19(14)21-13-16-11-10-15-7-3-4-8-17(15)18(16)12-20/h2-11H,13H2,1H3. The van der Waals surface area contributed by atoms with Crippen LogP contribution < -0.4 is 4.74 Å². The highest BCUT2D eigenvalue weighted by molar-refractivity contribution is 5.88. The summed E-state index contributed by atoms with van der Waals surface area (Å²) in [4.78, 5) is 0. The van der Waals surface area contributed by atoms with Crippen molar-refractivity contribution in [2.45, 2.75) is 13.5 Å². The van der Waals surface area contributed by atoms with Crippen molar-refractivity contribution in [1.82, 2.24) is 0 Å². The van der Waals surface area contributed by atoms with Crippen molar-refractivity contribution >= 4 is 10.8 Å². The van der Waals surface area contributed by atoms with Crippen LogP contribution >= 0.6 is 0 Å². The van der Waals surface area contributed by atoms with Crippen LogP contribution in [0.15, 0.2) is 60.7 Å². The maximum Gasteiger partial charge on any atom is 0.122 e. The molecule has 0 aromatic heterocycles. The van der Waals surface area contributed by atoms with Gasteiger partial charge in [-0.2, -0.15) is 5.26 Å². The number of fused-ring (bicyclic) bond motifs is 1. The van der Waals surface area contributed by atoms with E-state index in [0.29, 0.717) is 12.2 Å². The van der Waals surface area contributed by atoms with E-state index in [9.17, 15) is 5.26 Å². The van der Waals surface area contributed by atoms with Crippen LogP contribution in [-0.4, -0.2) is 0 Å². The average molecular weight is 273 g/mol. The van der Waals surface area contributed by atoms with E-state index in [1.807, 2.05) is 67.6 Å². The molecule has 2 nitrogen and oxygen atoms in total. The number of nitriles is 1. The van der Waals surface area contributed by atoms with Gasteiger partial charge in [0, 0.05) is 5.56 Å². The number of rotatable bonds is 3. The summed E-state index contributed by atoms with van der Waals surface area (Å²) in [7, 11) is 0. The van der Waals surface area contributed by atoms with Crippen molar-refractivity contribution in [3.05, 3.63) is 77.4 Å². The Hall–Kier alpha value is -2.79. The predicted octanol–water partition coefficient (Wildman–Crippen LogP) is 4.60. The molecule has 0 N–H and O–H groups in total. The highest BCUT2D eigenvalue weighted by atomic mass is 16.5. The third-order valence-electron chi connectivity index (χ3n) is 3.60. The number of aryl methyl sites for hydroxylation is 1. The minimum atomic E-state index is 0.401. The van der Waals surface area contributed by atoms with E-state index >= 15 is 0 Å². The minimum absolute atomic E-state index is 0.401. The quantitative estimate of drug-likeness (QED) is 0.698. The molecular formula is C19H15NO. The molecule has 0 unspecified atom stereocenters. The van der Waals surface area contributed by atoms with Crippen molar-refractivity contribution in [2.75, 3.05) is 0 Å². The summed E-state index contributed by atoms with van der Waals surface area (Å²) in [6.45, 7) is 2.42. The van der Waals surface area contributed by atoms with E-state index in [0.717, 1.165) is 27.6 Å². The monoisotopic (exact) mass is 273 g/mol. The van der Waals surface area contributed by atoms with Crippen LogP contribution in [0.5, 0.6) is 5.75 Å². The number of hydrogen-bond acceptors (Lipinski definition) is 2. The van der Waals surface area contributed by atoms with Gasteiger partial charge in [-0.1, -0.05) is 54.6 Å². The zero-order valence-corrected chi connectivity index (χ0v) is 11.8. The summed E-state index contributed by atoms with van der Waals surface area (Å²) < 4.78 is 5.86. The summed E-state index contributed by atoms with van der Waals surface area (Å²) in [5.41, 5.74) is 2.71. The Balaban J connectivity index is 1.95. The lowest BCUT2D eigenvalue weighted by atomic mass is 10.0. The van der Waals surface area contributed by atoms with Crippen molar-refractivity contribution in [2.24, 2.45) is 0 Å². The normalized spacial score (nSPS) is 10.3. The molecule has 3 rings (SSSR count). The Morgan fingerprint density at radius 3 is 2.52 bits per heavy atom. The summed E-state index contributed by atoms with van der Waals surface area (Å²) >= 11 is 0. The average Bonchev–Trinajstić information content (AvgIpc) is 2.53. The molecule has 0 bridgehead atoms. The fraction of sp³-hybridized carbons (Fsp3) is 0.105. The second-order valence-electron chi connectivity index (χ2n) is 4.99. The van der Waals surface area contributed by atoms with Gasteiger partial charge in [-0.3, -0.25) is 0 Å². The van der Waals surface area contributed by atoms with Gasteiger partial charge in [0.1, 0.15) is 18.4 Å². The molecule has 0 fully saturated rings. The van der Waals surface area contributed by atoms with E-state index in [1.165, 1.54) is 0 Å². The van der Waals surface area contributed by atoms with Gasteiger partial charge in [-0.05, 0) is 29.3 Å². The molecule has 3 aromatic rings. The third kappa shape index (κ3) is 2.59. The summed E-state index contributed by atoms with van der Waals surface area (Å²) in [5, 5.41) is 11.5. The second-order valence-corrected chi connectivity index (χ2v) is 4.99. The van der Waals surface area contributed by atoms with Gasteiger partial charge in [-0.15, -0.1) is 0 Å². The van der Waals surface area contributed by atoms with Crippen LogP contribution in [0.3, 0.4) is 0 Å². The van der Waals surface area contributed by atoms with Gasteiger partial charge in [0.05, 0.1) is 5.56 Å². The fourth-order valence-corrected chi connectivity index (χ4v) is 2.44. The number of benzene rings is 3. The molecule has 0 radical (unpaired) electrons. The molecule has 0 aliphatic rings. The Bertz CT molecular complexity index is 830. The molecule has 0 atom stereocenters.